The highest BCUT2D eigenvalue weighted by Crippen LogP contribution is 2.70. The lowest BCUT2D eigenvalue weighted by molar-refractivity contribution is -0.524. The van der Waals surface area contributed by atoms with Crippen molar-refractivity contribution < 1.29 is 66.3 Å². The Labute approximate surface area is 282 Å². The third-order valence-electron chi connectivity index (χ3n) is 11.4. The van der Waals surface area contributed by atoms with E-state index >= 15 is 0 Å². The first kappa shape index (κ1) is 36.3. The Morgan fingerprint density at radius 3 is 2.48 bits per heavy atom. The van der Waals surface area contributed by atoms with Gasteiger partial charge in [0.25, 0.3) is 0 Å². The molecule has 262 valence electrons. The topological polar surface area (TPSA) is 205 Å². The van der Waals surface area contributed by atoms with Crippen LogP contribution in [0, 0.1) is 40.4 Å². The maximum atomic E-state index is 12.9. The van der Waals surface area contributed by atoms with Gasteiger partial charge in [-0.2, -0.15) is 13.3 Å². The highest BCUT2D eigenvalue weighted by atomic mass is 125. The number of halogens is 1. The quantitative estimate of drug-likeness (QED) is 0.0345. The summed E-state index contributed by atoms with van der Waals surface area (Å²) >= 11 is 1.93. The number of aliphatic carboxylic acids is 1. The van der Waals surface area contributed by atoms with E-state index in [1.54, 1.807) is 13.8 Å². The first-order valence-corrected chi connectivity index (χ1v) is 18.7. The predicted molar refractivity (Wildman–Crippen MR) is 166 cm³/mol. The third kappa shape index (κ3) is 6.76. The summed E-state index contributed by atoms with van der Waals surface area (Å²) in [6, 6.07) is 0. The predicted octanol–water partition coefficient (Wildman–Crippen LogP) is 3.71. The Balaban J connectivity index is 1.49. The molecule has 5 aliphatic rings. The Kier molecular flexibility index (Phi) is 10.9. The van der Waals surface area contributed by atoms with Crippen molar-refractivity contribution in [3.05, 3.63) is 12.2 Å². The minimum Gasteiger partial charge on any atom is -0.481 e. The second-order valence-electron chi connectivity index (χ2n) is 14.4. The lowest BCUT2D eigenvalue weighted by Gasteiger charge is -2.62. The first-order valence-electron chi connectivity index (χ1n) is 15.8. The van der Waals surface area contributed by atoms with Crippen molar-refractivity contribution in [1.82, 2.24) is 0 Å². The second-order valence-corrected chi connectivity index (χ2v) is 16.3. The minimum absolute atomic E-state index is 0.0154. The van der Waals surface area contributed by atoms with Gasteiger partial charge in [-0.1, -0.05) is 55.0 Å². The summed E-state index contributed by atoms with van der Waals surface area (Å²) in [5, 5.41) is 34.8. The molecule has 0 aromatic heterocycles. The van der Waals surface area contributed by atoms with Crippen LogP contribution in [0.15, 0.2) is 12.2 Å². The summed E-state index contributed by atoms with van der Waals surface area (Å²) in [5.41, 5.74) is -0.0621. The summed E-state index contributed by atoms with van der Waals surface area (Å²) in [5.74, 6) is -2.50. The van der Waals surface area contributed by atoms with Crippen LogP contribution in [0.25, 0.3) is 0 Å². The molecule has 1 saturated heterocycles. The van der Waals surface area contributed by atoms with Gasteiger partial charge < -0.3 is 24.4 Å². The molecule has 4 saturated carbocycles. The molecule has 5 rings (SSSR count). The van der Waals surface area contributed by atoms with Crippen LogP contribution in [0.5, 0.6) is 0 Å². The van der Waals surface area contributed by atoms with Crippen LogP contribution < -0.4 is 0 Å². The zero-order valence-corrected chi connectivity index (χ0v) is 29.1. The number of carbonyl (C=O) groups excluding carboxylic acids is 1. The van der Waals surface area contributed by atoms with Gasteiger partial charge in [-0.15, -0.1) is 0 Å². The molecule has 1 heterocycles. The van der Waals surface area contributed by atoms with E-state index in [9.17, 15) is 32.8 Å². The van der Waals surface area contributed by atoms with Gasteiger partial charge in [-0.25, -0.2) is 9.44 Å². The molecule has 4 aliphatic carbocycles. The number of ether oxygens (including phenoxy) is 3. The zero-order chi connectivity index (χ0) is 33.8. The van der Waals surface area contributed by atoms with E-state index < -0.39 is 76.6 Å². The molecule has 0 radical (unpaired) electrons. The van der Waals surface area contributed by atoms with E-state index in [1.807, 2.05) is 22.6 Å². The average molecular weight is 787 g/mol. The van der Waals surface area contributed by atoms with E-state index in [1.165, 1.54) is 0 Å². The molecule has 46 heavy (non-hydrogen) atoms. The van der Waals surface area contributed by atoms with Gasteiger partial charge in [0.1, 0.15) is 6.10 Å². The Morgan fingerprint density at radius 1 is 1.15 bits per heavy atom. The number of aliphatic hydroxyl groups excluding tert-OH is 1. The van der Waals surface area contributed by atoms with E-state index in [4.69, 9.17) is 28.5 Å². The summed E-state index contributed by atoms with van der Waals surface area (Å²) < 4.78 is 57.0. The first-order chi connectivity index (χ1) is 21.5. The SMILES string of the molecule is C=C1C2CCC3C4(C)CC(OC5OC(C[125I])C(OOO)[C@H](OS(=O)(=O)O)C5OC(=O)CC(C)C)CC(C(=O)O)C4CCC3(C2)C1O. The average Bonchev–Trinajstić information content (AvgIpc) is 3.13. The van der Waals surface area contributed by atoms with Gasteiger partial charge >= 0.3 is 22.3 Å². The molecular weight excluding hydrogens is 741 g/mol. The molecule has 16 heteroatoms. The zero-order valence-electron chi connectivity index (χ0n) is 26.2. The van der Waals surface area contributed by atoms with Crippen LogP contribution >= 0.6 is 22.6 Å². The van der Waals surface area contributed by atoms with Gasteiger partial charge in [-0.3, -0.25) is 14.1 Å². The fourth-order valence-corrected chi connectivity index (χ4v) is 10.9. The van der Waals surface area contributed by atoms with Crippen LogP contribution in [0.4, 0.5) is 0 Å². The van der Waals surface area contributed by atoms with Gasteiger partial charge in [0, 0.05) is 16.3 Å². The fraction of sp³-hybridized carbons (Fsp3) is 0.867. The lowest BCUT2D eigenvalue weighted by Crippen LogP contribution is -2.63. The number of carboxylic acids is 1. The molecule has 2 bridgehead atoms. The third-order valence-corrected chi connectivity index (χ3v) is 12.7. The molecule has 12 unspecified atom stereocenters. The molecular formula is C30H45IO14S. The largest absolute Gasteiger partial charge is 0.481 e. The number of esters is 1. The number of aliphatic hydroxyl groups is 1. The van der Waals surface area contributed by atoms with Crippen LogP contribution in [0.3, 0.4) is 0 Å². The van der Waals surface area contributed by atoms with Gasteiger partial charge in [0.2, 0.25) is 0 Å². The van der Waals surface area contributed by atoms with E-state index in [0.717, 1.165) is 31.3 Å². The molecule has 0 amide bonds. The van der Waals surface area contributed by atoms with Crippen LogP contribution in [0.2, 0.25) is 0 Å². The van der Waals surface area contributed by atoms with Crippen molar-refractivity contribution >= 4 is 44.9 Å². The molecule has 4 N–H and O–H groups in total. The molecule has 5 fully saturated rings. The number of hydrogen-bond acceptors (Lipinski definition) is 12. The van der Waals surface area contributed by atoms with Crippen molar-refractivity contribution in [2.24, 2.45) is 40.4 Å². The van der Waals surface area contributed by atoms with Crippen molar-refractivity contribution in [2.75, 3.05) is 4.43 Å². The van der Waals surface area contributed by atoms with Crippen LogP contribution in [-0.2, 0) is 48.3 Å². The Morgan fingerprint density at radius 2 is 1.87 bits per heavy atom. The highest BCUT2D eigenvalue weighted by molar-refractivity contribution is 14.1. The number of rotatable bonds is 11. The van der Waals surface area contributed by atoms with E-state index in [-0.39, 0.29) is 46.4 Å². The fourth-order valence-electron chi connectivity index (χ4n) is 9.71. The van der Waals surface area contributed by atoms with Crippen molar-refractivity contribution in [3.63, 3.8) is 0 Å². The Bertz CT molecular complexity index is 1280. The molecule has 1 spiro atoms. The van der Waals surface area contributed by atoms with Crippen LogP contribution in [-0.4, -0.2) is 87.7 Å². The molecule has 13 atom stereocenters. The Hall–Kier alpha value is -0.960. The number of carboxylic acid groups (broad SMARTS) is 1. The van der Waals surface area contributed by atoms with E-state index in [2.05, 4.69) is 18.5 Å². The summed E-state index contributed by atoms with van der Waals surface area (Å²) in [6.07, 6.45) is -4.43. The van der Waals surface area contributed by atoms with Gasteiger partial charge in [0.05, 0.1) is 18.1 Å². The number of hydrogen-bond donors (Lipinski definition) is 4. The summed E-state index contributed by atoms with van der Waals surface area (Å²) in [7, 11) is -5.16. The molecule has 1 aliphatic heterocycles. The highest BCUT2D eigenvalue weighted by Gasteiger charge is 2.67. The maximum Gasteiger partial charge on any atom is 0.397 e. The van der Waals surface area contributed by atoms with Gasteiger partial charge in [-0.05, 0) is 79.6 Å². The summed E-state index contributed by atoms with van der Waals surface area (Å²) in [4.78, 5) is 30.6. The van der Waals surface area contributed by atoms with Crippen molar-refractivity contribution in [1.29, 1.82) is 0 Å². The summed E-state index contributed by atoms with van der Waals surface area (Å²) in [6.45, 7) is 9.86. The number of alkyl halides is 1. The number of fused-ring (bicyclic) bond motifs is 3. The molecule has 0 aromatic rings. The lowest BCUT2D eigenvalue weighted by atomic mass is 9.43. The van der Waals surface area contributed by atoms with Crippen LogP contribution in [0.1, 0.15) is 72.1 Å². The normalized spacial score (nSPS) is 44.0. The second kappa shape index (κ2) is 13.7. The minimum atomic E-state index is -5.16. The monoisotopic (exact) mass is 786 g/mol. The van der Waals surface area contributed by atoms with Crippen molar-refractivity contribution in [2.45, 2.75) is 115 Å². The maximum absolute atomic E-state index is 12.9. The molecule has 14 nitrogen and oxygen atoms in total. The van der Waals surface area contributed by atoms with Crippen molar-refractivity contribution in [3.8, 4) is 0 Å². The molecule has 0 aromatic carbocycles. The standard InChI is InChI=1S/C30H45IO14S/c1-14(2)9-22(32)42-25-24(44-46(37,38)39)23(43-45-36)20(13-31)41-28(25)40-17-10-18(27(34)35)19-7-8-30-11-16(15(3)26(30)33)5-6-21(30)29(19,4)12-17/h14,16-21,23-26,28,33,36H,3,5-13H2,1-2,4H3,(H,34,35)(H,37,38,39)/t16?,17?,18?,19?,20?,21?,23?,24-,25?,26?,28?,29?,30?/m0/s1/i31-2. The van der Waals surface area contributed by atoms with E-state index in [0.29, 0.717) is 12.8 Å². The smallest absolute Gasteiger partial charge is 0.397 e. The number of carbonyl (C=O) groups is 2. The van der Waals surface area contributed by atoms with Gasteiger partial charge in [0.15, 0.2) is 24.6 Å².